The average Bonchev–Trinajstić information content (AvgIpc) is 3.00. The van der Waals surface area contributed by atoms with Crippen molar-refractivity contribution < 1.29 is 17.6 Å². The van der Waals surface area contributed by atoms with E-state index in [4.69, 9.17) is 9.15 Å². The van der Waals surface area contributed by atoms with E-state index in [1.807, 2.05) is 19.1 Å². The predicted octanol–water partition coefficient (Wildman–Crippen LogP) is 3.55. The Kier molecular flexibility index (Phi) is 5.53. The number of rotatable bonds is 5. The van der Waals surface area contributed by atoms with Crippen LogP contribution < -0.4 is 4.74 Å². The largest absolute Gasteiger partial charge is 0.494 e. The highest BCUT2D eigenvalue weighted by Gasteiger charge is 2.29. The van der Waals surface area contributed by atoms with Crippen molar-refractivity contribution in [3.8, 4) is 5.75 Å². The van der Waals surface area contributed by atoms with Gasteiger partial charge in [-0.1, -0.05) is 0 Å². The molecule has 1 unspecified atom stereocenters. The fourth-order valence-electron chi connectivity index (χ4n) is 2.72. The molecule has 0 bridgehead atoms. The van der Waals surface area contributed by atoms with E-state index in [0.717, 1.165) is 17.9 Å². The van der Waals surface area contributed by atoms with E-state index in [2.05, 4.69) is 0 Å². The Labute approximate surface area is 147 Å². The van der Waals surface area contributed by atoms with Crippen LogP contribution in [-0.2, 0) is 10.0 Å². The molecular weight excluding hydrogens is 346 g/mol. The highest BCUT2D eigenvalue weighted by Crippen LogP contribution is 2.35. The molecule has 1 aromatic heterocycles. The standard InChI is InChI=1S/C17H21NO4S2/c1-2-21-14-5-7-15(8-6-14)24(19,20)18-10-9-17(23-13-11-18)16-4-3-12-22-16/h3-8,12,17H,2,9-11,13H2,1H3. The van der Waals surface area contributed by atoms with Gasteiger partial charge in [0.25, 0.3) is 0 Å². The molecule has 130 valence electrons. The summed E-state index contributed by atoms with van der Waals surface area (Å²) in [5.41, 5.74) is 0. The summed E-state index contributed by atoms with van der Waals surface area (Å²) in [6.07, 6.45) is 2.41. The highest BCUT2D eigenvalue weighted by atomic mass is 32.2. The molecular formula is C17H21NO4S2. The number of thioether (sulfide) groups is 1. The fourth-order valence-corrected chi connectivity index (χ4v) is 5.47. The van der Waals surface area contributed by atoms with Crippen LogP contribution in [0.25, 0.3) is 0 Å². The van der Waals surface area contributed by atoms with Gasteiger partial charge in [-0.15, -0.1) is 11.8 Å². The Morgan fingerprint density at radius 3 is 2.71 bits per heavy atom. The molecule has 0 aliphatic carbocycles. The first-order chi connectivity index (χ1) is 11.6. The van der Waals surface area contributed by atoms with Crippen LogP contribution in [0.1, 0.15) is 24.4 Å². The third-order valence-electron chi connectivity index (χ3n) is 3.93. The second kappa shape index (κ2) is 7.63. The van der Waals surface area contributed by atoms with E-state index < -0.39 is 10.0 Å². The fraction of sp³-hybridized carbons (Fsp3) is 0.412. The van der Waals surface area contributed by atoms with Gasteiger partial charge in [0.1, 0.15) is 11.5 Å². The summed E-state index contributed by atoms with van der Waals surface area (Å²) in [5.74, 6) is 2.35. The van der Waals surface area contributed by atoms with E-state index in [0.29, 0.717) is 30.3 Å². The molecule has 1 atom stereocenters. The summed E-state index contributed by atoms with van der Waals surface area (Å²) in [6.45, 7) is 3.46. The second-order valence-corrected chi connectivity index (χ2v) is 8.72. The van der Waals surface area contributed by atoms with Crippen molar-refractivity contribution in [1.82, 2.24) is 4.31 Å². The minimum Gasteiger partial charge on any atom is -0.494 e. The molecule has 1 saturated heterocycles. The Bertz CT molecular complexity index is 741. The maximum atomic E-state index is 12.9. The molecule has 0 N–H and O–H groups in total. The highest BCUT2D eigenvalue weighted by molar-refractivity contribution is 7.99. The molecule has 7 heteroatoms. The summed E-state index contributed by atoms with van der Waals surface area (Å²) in [4.78, 5) is 0.312. The van der Waals surface area contributed by atoms with E-state index in [9.17, 15) is 8.42 Å². The summed E-state index contributed by atoms with van der Waals surface area (Å²) in [7, 11) is -3.48. The van der Waals surface area contributed by atoms with Crippen molar-refractivity contribution >= 4 is 21.8 Å². The van der Waals surface area contributed by atoms with Crippen LogP contribution in [-0.4, -0.2) is 38.2 Å². The van der Waals surface area contributed by atoms with E-state index in [1.165, 1.54) is 0 Å². The van der Waals surface area contributed by atoms with Gasteiger partial charge in [-0.05, 0) is 49.7 Å². The summed E-state index contributed by atoms with van der Waals surface area (Å²) < 4.78 is 38.1. The van der Waals surface area contributed by atoms with Crippen LogP contribution in [0, 0.1) is 0 Å². The van der Waals surface area contributed by atoms with Crippen molar-refractivity contribution in [1.29, 1.82) is 0 Å². The SMILES string of the molecule is CCOc1ccc(S(=O)(=O)N2CCSC(c3ccco3)CC2)cc1. The second-order valence-electron chi connectivity index (χ2n) is 5.47. The number of nitrogens with zero attached hydrogens (tertiary/aromatic N) is 1. The summed E-state index contributed by atoms with van der Waals surface area (Å²) in [6, 6.07) is 10.5. The maximum Gasteiger partial charge on any atom is 0.243 e. The van der Waals surface area contributed by atoms with Gasteiger partial charge in [0, 0.05) is 18.8 Å². The van der Waals surface area contributed by atoms with Gasteiger partial charge >= 0.3 is 0 Å². The van der Waals surface area contributed by atoms with Crippen molar-refractivity contribution in [2.75, 3.05) is 25.4 Å². The molecule has 1 aliphatic rings. The van der Waals surface area contributed by atoms with E-state index >= 15 is 0 Å². The third-order valence-corrected chi connectivity index (χ3v) is 7.13. The van der Waals surface area contributed by atoms with Gasteiger partial charge in [0.2, 0.25) is 10.0 Å². The minimum absolute atomic E-state index is 0.209. The first-order valence-electron chi connectivity index (χ1n) is 7.99. The summed E-state index contributed by atoms with van der Waals surface area (Å²) >= 11 is 1.75. The van der Waals surface area contributed by atoms with Gasteiger partial charge in [0.15, 0.2) is 0 Å². The molecule has 2 aromatic rings. The third kappa shape index (κ3) is 3.79. The Morgan fingerprint density at radius 2 is 2.04 bits per heavy atom. The van der Waals surface area contributed by atoms with Crippen LogP contribution in [0.15, 0.2) is 52.0 Å². The quantitative estimate of drug-likeness (QED) is 0.809. The van der Waals surface area contributed by atoms with Gasteiger partial charge in [-0.2, -0.15) is 4.31 Å². The van der Waals surface area contributed by atoms with E-state index in [1.54, 1.807) is 46.6 Å². The number of hydrogen-bond acceptors (Lipinski definition) is 5. The van der Waals surface area contributed by atoms with Gasteiger partial charge in [-0.3, -0.25) is 0 Å². The molecule has 0 saturated carbocycles. The first-order valence-corrected chi connectivity index (χ1v) is 10.5. The van der Waals surface area contributed by atoms with Crippen molar-refractivity contribution in [3.05, 3.63) is 48.4 Å². The lowest BCUT2D eigenvalue weighted by Gasteiger charge is -2.20. The van der Waals surface area contributed by atoms with Crippen LogP contribution in [0.4, 0.5) is 0 Å². The van der Waals surface area contributed by atoms with Gasteiger partial charge in [-0.25, -0.2) is 8.42 Å². The van der Waals surface area contributed by atoms with Crippen LogP contribution in [0.2, 0.25) is 0 Å². The number of hydrogen-bond donors (Lipinski definition) is 0. The van der Waals surface area contributed by atoms with Crippen molar-refractivity contribution in [3.63, 3.8) is 0 Å². The Hall–Kier alpha value is -1.44. The molecule has 24 heavy (non-hydrogen) atoms. The average molecular weight is 367 g/mol. The molecule has 2 heterocycles. The first kappa shape index (κ1) is 17.4. The minimum atomic E-state index is -3.48. The zero-order valence-corrected chi connectivity index (χ0v) is 15.2. The monoisotopic (exact) mass is 367 g/mol. The molecule has 0 radical (unpaired) electrons. The van der Waals surface area contributed by atoms with Crippen LogP contribution in [0.5, 0.6) is 5.75 Å². The smallest absolute Gasteiger partial charge is 0.243 e. The Balaban J connectivity index is 1.72. The lowest BCUT2D eigenvalue weighted by molar-refractivity contribution is 0.340. The molecule has 5 nitrogen and oxygen atoms in total. The molecule has 1 aliphatic heterocycles. The number of ether oxygens (including phenoxy) is 1. The molecule has 3 rings (SSSR count). The molecule has 0 amide bonds. The van der Waals surface area contributed by atoms with Crippen LogP contribution >= 0.6 is 11.8 Å². The lowest BCUT2D eigenvalue weighted by Crippen LogP contribution is -2.33. The van der Waals surface area contributed by atoms with Gasteiger partial charge < -0.3 is 9.15 Å². The Morgan fingerprint density at radius 1 is 1.25 bits per heavy atom. The van der Waals surface area contributed by atoms with Crippen molar-refractivity contribution in [2.45, 2.75) is 23.5 Å². The normalized spacial score (nSPS) is 19.8. The molecule has 0 spiro atoms. The summed E-state index contributed by atoms with van der Waals surface area (Å²) in [5, 5.41) is 0.209. The van der Waals surface area contributed by atoms with E-state index in [-0.39, 0.29) is 5.25 Å². The molecule has 1 fully saturated rings. The zero-order valence-electron chi connectivity index (χ0n) is 13.6. The lowest BCUT2D eigenvalue weighted by atomic mass is 10.2. The predicted molar refractivity (Wildman–Crippen MR) is 94.9 cm³/mol. The number of sulfonamides is 1. The maximum absolute atomic E-state index is 12.9. The topological polar surface area (TPSA) is 59.8 Å². The zero-order chi connectivity index (χ0) is 17.0. The van der Waals surface area contributed by atoms with Gasteiger partial charge in [0.05, 0.1) is 23.0 Å². The van der Waals surface area contributed by atoms with Crippen LogP contribution in [0.3, 0.4) is 0 Å². The molecule has 1 aromatic carbocycles. The van der Waals surface area contributed by atoms with Crippen molar-refractivity contribution in [2.24, 2.45) is 0 Å². The number of furan rings is 1. The number of benzene rings is 1.